The summed E-state index contributed by atoms with van der Waals surface area (Å²) in [6, 6.07) is 15.4. The molecular formula is C21H28FIN4. The maximum Gasteiger partial charge on any atom is 0.191 e. The molecule has 2 aromatic carbocycles. The third-order valence-corrected chi connectivity index (χ3v) is 5.00. The van der Waals surface area contributed by atoms with Crippen molar-refractivity contribution in [2.24, 2.45) is 4.99 Å². The molecular weight excluding hydrogens is 454 g/mol. The molecule has 0 radical (unpaired) electrons. The standard InChI is InChI=1S/C21H27FN4.HI/c1-23-20(24-14-16-6-4-9-19(12-16)26(2)3)25-15-21(10-11-21)17-7-5-8-18(22)13-17;/h4-9,12-13H,10-11,14-15H2,1-3H3,(H2,23,24,25);1H. The average molecular weight is 482 g/mol. The highest BCUT2D eigenvalue weighted by molar-refractivity contribution is 14.0. The summed E-state index contributed by atoms with van der Waals surface area (Å²) in [5.74, 6) is 0.597. The van der Waals surface area contributed by atoms with Gasteiger partial charge in [-0.3, -0.25) is 4.99 Å². The summed E-state index contributed by atoms with van der Waals surface area (Å²) in [5, 5.41) is 6.77. The van der Waals surface area contributed by atoms with Crippen LogP contribution in [0.4, 0.5) is 10.1 Å². The first-order valence-corrected chi connectivity index (χ1v) is 8.99. The van der Waals surface area contributed by atoms with E-state index < -0.39 is 0 Å². The highest BCUT2D eigenvalue weighted by atomic mass is 127. The summed E-state index contributed by atoms with van der Waals surface area (Å²) in [5.41, 5.74) is 3.48. The minimum Gasteiger partial charge on any atom is -0.378 e. The topological polar surface area (TPSA) is 39.7 Å². The van der Waals surface area contributed by atoms with Crippen molar-refractivity contribution in [2.75, 3.05) is 32.6 Å². The number of hydrogen-bond donors (Lipinski definition) is 2. The molecule has 2 N–H and O–H groups in total. The number of hydrogen-bond acceptors (Lipinski definition) is 2. The minimum atomic E-state index is -0.169. The van der Waals surface area contributed by atoms with Crippen molar-refractivity contribution in [3.63, 3.8) is 0 Å². The SMILES string of the molecule is CN=C(NCc1cccc(N(C)C)c1)NCC1(c2cccc(F)c2)CC1.I. The van der Waals surface area contributed by atoms with Crippen LogP contribution in [-0.4, -0.2) is 33.6 Å². The molecule has 0 spiro atoms. The van der Waals surface area contributed by atoms with E-state index in [1.54, 1.807) is 19.2 Å². The van der Waals surface area contributed by atoms with Crippen molar-refractivity contribution in [2.45, 2.75) is 24.8 Å². The maximum absolute atomic E-state index is 13.5. The van der Waals surface area contributed by atoms with Crippen LogP contribution in [0.3, 0.4) is 0 Å². The van der Waals surface area contributed by atoms with Gasteiger partial charge in [-0.1, -0.05) is 24.3 Å². The molecule has 146 valence electrons. The van der Waals surface area contributed by atoms with Crippen molar-refractivity contribution in [3.8, 4) is 0 Å². The highest BCUT2D eigenvalue weighted by Gasteiger charge is 2.44. The van der Waals surface area contributed by atoms with Gasteiger partial charge in [-0.2, -0.15) is 0 Å². The second kappa shape index (κ2) is 9.39. The third kappa shape index (κ3) is 5.57. The van der Waals surface area contributed by atoms with Crippen LogP contribution in [0.1, 0.15) is 24.0 Å². The number of nitrogens with zero attached hydrogens (tertiary/aromatic N) is 2. The Balaban J connectivity index is 0.00000261. The van der Waals surface area contributed by atoms with Crippen LogP contribution in [0.2, 0.25) is 0 Å². The smallest absolute Gasteiger partial charge is 0.191 e. The fourth-order valence-corrected chi connectivity index (χ4v) is 3.14. The van der Waals surface area contributed by atoms with E-state index in [0.29, 0.717) is 6.54 Å². The third-order valence-electron chi connectivity index (χ3n) is 5.00. The first-order valence-electron chi connectivity index (χ1n) is 8.99. The van der Waals surface area contributed by atoms with Gasteiger partial charge < -0.3 is 15.5 Å². The fourth-order valence-electron chi connectivity index (χ4n) is 3.14. The van der Waals surface area contributed by atoms with Gasteiger partial charge in [0.1, 0.15) is 5.82 Å². The number of anilines is 1. The lowest BCUT2D eigenvalue weighted by atomic mass is 9.96. The predicted molar refractivity (Wildman–Crippen MR) is 122 cm³/mol. The van der Waals surface area contributed by atoms with E-state index in [1.165, 1.54) is 17.3 Å². The summed E-state index contributed by atoms with van der Waals surface area (Å²) in [7, 11) is 5.84. The summed E-state index contributed by atoms with van der Waals surface area (Å²) in [6.07, 6.45) is 2.15. The molecule has 27 heavy (non-hydrogen) atoms. The average Bonchev–Trinajstić information content (AvgIpc) is 3.43. The van der Waals surface area contributed by atoms with Gasteiger partial charge in [-0.25, -0.2) is 4.39 Å². The Labute approximate surface area is 178 Å². The zero-order chi connectivity index (χ0) is 18.6. The molecule has 2 aromatic rings. The van der Waals surface area contributed by atoms with Gasteiger partial charge in [0, 0.05) is 45.3 Å². The van der Waals surface area contributed by atoms with Gasteiger partial charge in [0.15, 0.2) is 5.96 Å². The summed E-state index contributed by atoms with van der Waals surface area (Å²) >= 11 is 0. The van der Waals surface area contributed by atoms with E-state index in [9.17, 15) is 4.39 Å². The molecule has 0 atom stereocenters. The molecule has 1 aliphatic carbocycles. The molecule has 0 amide bonds. The molecule has 0 aromatic heterocycles. The molecule has 6 heteroatoms. The van der Waals surface area contributed by atoms with Crippen LogP contribution in [-0.2, 0) is 12.0 Å². The summed E-state index contributed by atoms with van der Waals surface area (Å²) in [4.78, 5) is 6.40. The maximum atomic E-state index is 13.5. The Morgan fingerprint density at radius 3 is 2.48 bits per heavy atom. The number of aliphatic imine (C=N–C) groups is 1. The minimum absolute atomic E-state index is 0. The summed E-state index contributed by atoms with van der Waals surface area (Å²) < 4.78 is 13.5. The van der Waals surface area contributed by atoms with Gasteiger partial charge in [-0.05, 0) is 48.2 Å². The lowest BCUT2D eigenvalue weighted by molar-refractivity contribution is 0.607. The van der Waals surface area contributed by atoms with Crippen LogP contribution >= 0.6 is 24.0 Å². The Kier molecular flexibility index (Phi) is 7.47. The van der Waals surface area contributed by atoms with E-state index in [0.717, 1.165) is 30.9 Å². The van der Waals surface area contributed by atoms with Crippen LogP contribution < -0.4 is 15.5 Å². The van der Waals surface area contributed by atoms with Crippen molar-refractivity contribution < 1.29 is 4.39 Å². The molecule has 0 saturated heterocycles. The van der Waals surface area contributed by atoms with E-state index in [-0.39, 0.29) is 35.2 Å². The van der Waals surface area contributed by atoms with E-state index in [4.69, 9.17) is 0 Å². The Bertz CT molecular complexity index is 787. The van der Waals surface area contributed by atoms with Crippen molar-refractivity contribution in [1.29, 1.82) is 0 Å². The molecule has 0 bridgehead atoms. The van der Waals surface area contributed by atoms with E-state index in [2.05, 4.69) is 44.8 Å². The second-order valence-corrected chi connectivity index (χ2v) is 7.13. The zero-order valence-electron chi connectivity index (χ0n) is 16.1. The van der Waals surface area contributed by atoms with Crippen LogP contribution in [0, 0.1) is 5.82 Å². The Morgan fingerprint density at radius 2 is 1.85 bits per heavy atom. The monoisotopic (exact) mass is 482 g/mol. The predicted octanol–water partition coefficient (Wildman–Crippen LogP) is 3.91. The highest BCUT2D eigenvalue weighted by Crippen LogP contribution is 2.47. The molecule has 3 rings (SSSR count). The molecule has 0 aliphatic heterocycles. The molecule has 0 unspecified atom stereocenters. The largest absolute Gasteiger partial charge is 0.378 e. The Morgan fingerprint density at radius 1 is 1.11 bits per heavy atom. The zero-order valence-corrected chi connectivity index (χ0v) is 18.5. The van der Waals surface area contributed by atoms with Crippen LogP contribution in [0.5, 0.6) is 0 Å². The number of rotatable bonds is 6. The molecule has 0 heterocycles. The molecule has 1 saturated carbocycles. The second-order valence-electron chi connectivity index (χ2n) is 7.13. The van der Waals surface area contributed by atoms with Gasteiger partial charge in [-0.15, -0.1) is 24.0 Å². The molecule has 1 aliphatic rings. The normalized spacial score (nSPS) is 14.9. The fraction of sp³-hybridized carbons (Fsp3) is 0.381. The van der Waals surface area contributed by atoms with Crippen LogP contribution in [0.25, 0.3) is 0 Å². The van der Waals surface area contributed by atoms with Gasteiger partial charge in [0.05, 0.1) is 0 Å². The quantitative estimate of drug-likeness (QED) is 0.373. The molecule has 1 fully saturated rings. The molecule has 4 nitrogen and oxygen atoms in total. The lowest BCUT2D eigenvalue weighted by Crippen LogP contribution is -2.40. The van der Waals surface area contributed by atoms with Gasteiger partial charge in [0.25, 0.3) is 0 Å². The van der Waals surface area contributed by atoms with Gasteiger partial charge >= 0.3 is 0 Å². The van der Waals surface area contributed by atoms with Crippen molar-refractivity contribution in [1.82, 2.24) is 10.6 Å². The lowest BCUT2D eigenvalue weighted by Gasteiger charge is -2.19. The number of guanidine groups is 1. The van der Waals surface area contributed by atoms with E-state index in [1.807, 2.05) is 20.2 Å². The van der Waals surface area contributed by atoms with Gasteiger partial charge in [0.2, 0.25) is 0 Å². The van der Waals surface area contributed by atoms with Crippen molar-refractivity contribution in [3.05, 3.63) is 65.5 Å². The van der Waals surface area contributed by atoms with Crippen LogP contribution in [0.15, 0.2) is 53.5 Å². The number of benzene rings is 2. The first-order chi connectivity index (χ1) is 12.5. The number of halogens is 2. The first kappa shape index (κ1) is 21.5. The van der Waals surface area contributed by atoms with E-state index >= 15 is 0 Å². The summed E-state index contributed by atoms with van der Waals surface area (Å²) in [6.45, 7) is 1.46. The number of nitrogens with one attached hydrogen (secondary N) is 2. The Hall–Kier alpha value is -1.83. The van der Waals surface area contributed by atoms with Crippen molar-refractivity contribution >= 4 is 35.6 Å².